The van der Waals surface area contributed by atoms with E-state index in [0.29, 0.717) is 12.6 Å². The molecule has 0 heterocycles. The van der Waals surface area contributed by atoms with Gasteiger partial charge < -0.3 is 10.2 Å². The topological polar surface area (TPSA) is 32.3 Å². The molecule has 0 bridgehead atoms. The van der Waals surface area contributed by atoms with Crippen molar-refractivity contribution in [3.05, 3.63) is 102 Å². The van der Waals surface area contributed by atoms with Gasteiger partial charge in [-0.3, -0.25) is 4.79 Å². The third-order valence-electron chi connectivity index (χ3n) is 5.94. The summed E-state index contributed by atoms with van der Waals surface area (Å²) in [6, 6.07) is 28.9. The van der Waals surface area contributed by atoms with Crippen molar-refractivity contribution < 1.29 is 4.79 Å². The minimum Gasteiger partial charge on any atom is -0.352 e. The molecule has 1 fully saturated rings. The summed E-state index contributed by atoms with van der Waals surface area (Å²) in [5.74, 6) is 0.0885. The third-order valence-corrected chi connectivity index (χ3v) is 5.94. The summed E-state index contributed by atoms with van der Waals surface area (Å²) in [5.41, 5.74) is 4.46. The Morgan fingerprint density at radius 2 is 1.50 bits per heavy atom. The lowest BCUT2D eigenvalue weighted by atomic mass is 10.0. The van der Waals surface area contributed by atoms with Crippen molar-refractivity contribution in [2.75, 3.05) is 4.90 Å². The van der Waals surface area contributed by atoms with Gasteiger partial charge in [0.25, 0.3) is 0 Å². The minimum absolute atomic E-state index is 0.0885. The number of rotatable bonds is 7. The van der Waals surface area contributed by atoms with Gasteiger partial charge in [-0.15, -0.1) is 0 Å². The molecule has 0 radical (unpaired) electrons. The molecule has 3 aromatic carbocycles. The first-order valence-electron chi connectivity index (χ1n) is 10.9. The van der Waals surface area contributed by atoms with Crippen LogP contribution < -0.4 is 10.2 Å². The van der Waals surface area contributed by atoms with Crippen molar-refractivity contribution in [3.63, 3.8) is 0 Å². The zero-order valence-corrected chi connectivity index (χ0v) is 17.6. The molecular weight excluding hydrogens is 368 g/mol. The van der Waals surface area contributed by atoms with Crippen molar-refractivity contribution in [2.45, 2.75) is 51.2 Å². The maximum atomic E-state index is 13.6. The van der Waals surface area contributed by atoms with Gasteiger partial charge in [0.15, 0.2) is 0 Å². The van der Waals surface area contributed by atoms with E-state index < -0.39 is 0 Å². The molecule has 1 atom stereocenters. The molecule has 0 aromatic heterocycles. The van der Waals surface area contributed by atoms with Crippen LogP contribution in [0.4, 0.5) is 5.69 Å². The second kappa shape index (κ2) is 9.62. The average molecular weight is 399 g/mol. The van der Waals surface area contributed by atoms with Crippen LogP contribution in [0.15, 0.2) is 84.9 Å². The molecule has 1 N–H and O–H groups in total. The molecule has 0 spiro atoms. The van der Waals surface area contributed by atoms with Gasteiger partial charge in [0.2, 0.25) is 5.91 Å². The highest BCUT2D eigenvalue weighted by Gasteiger charge is 2.30. The Kier molecular flexibility index (Phi) is 6.48. The van der Waals surface area contributed by atoms with Gasteiger partial charge in [-0.1, -0.05) is 91.2 Å². The Morgan fingerprint density at radius 1 is 0.900 bits per heavy atom. The number of nitrogens with one attached hydrogen (secondary N) is 1. The lowest BCUT2D eigenvalue weighted by Gasteiger charge is -2.34. The molecule has 1 saturated carbocycles. The van der Waals surface area contributed by atoms with Crippen molar-refractivity contribution in [1.82, 2.24) is 5.32 Å². The summed E-state index contributed by atoms with van der Waals surface area (Å²) in [6.45, 7) is 2.75. The van der Waals surface area contributed by atoms with Gasteiger partial charge in [0.1, 0.15) is 6.04 Å². The number of anilines is 1. The van der Waals surface area contributed by atoms with Gasteiger partial charge >= 0.3 is 0 Å². The number of carbonyl (C=O) groups is 1. The predicted molar refractivity (Wildman–Crippen MR) is 123 cm³/mol. The zero-order valence-electron chi connectivity index (χ0n) is 17.6. The number of aryl methyl sites for hydroxylation is 1. The lowest BCUT2D eigenvalue weighted by Crippen LogP contribution is -2.43. The average Bonchev–Trinajstić information content (AvgIpc) is 3.29. The zero-order chi connectivity index (χ0) is 20.8. The second-order valence-corrected chi connectivity index (χ2v) is 8.25. The molecule has 1 amide bonds. The minimum atomic E-state index is -0.381. The van der Waals surface area contributed by atoms with Gasteiger partial charge in [-0.25, -0.2) is 0 Å². The number of hydrogen-bond donors (Lipinski definition) is 1. The highest BCUT2D eigenvalue weighted by Crippen LogP contribution is 2.30. The van der Waals surface area contributed by atoms with E-state index in [-0.39, 0.29) is 11.9 Å². The standard InChI is InChI=1S/C27H30N2O/c1-21-16-18-23(19-17-21)26(27(30)28-24-12-8-9-13-24)29(25-14-6-3-7-15-25)20-22-10-4-2-5-11-22/h2-7,10-11,14-19,24,26H,8-9,12-13,20H2,1H3,(H,28,30)/t26-/m0/s1. The van der Waals surface area contributed by atoms with Crippen molar-refractivity contribution in [3.8, 4) is 0 Å². The maximum Gasteiger partial charge on any atom is 0.247 e. The van der Waals surface area contributed by atoms with E-state index in [1.165, 1.54) is 24.0 Å². The van der Waals surface area contributed by atoms with Crippen LogP contribution in [-0.2, 0) is 11.3 Å². The van der Waals surface area contributed by atoms with E-state index in [0.717, 1.165) is 24.1 Å². The van der Waals surface area contributed by atoms with Crippen molar-refractivity contribution >= 4 is 11.6 Å². The Balaban J connectivity index is 1.73. The van der Waals surface area contributed by atoms with Crippen LogP contribution in [0, 0.1) is 6.92 Å². The smallest absolute Gasteiger partial charge is 0.247 e. The third kappa shape index (κ3) is 4.91. The molecule has 3 aromatic rings. The Labute approximate surface area is 179 Å². The first kappa shape index (κ1) is 20.2. The van der Waals surface area contributed by atoms with Crippen LogP contribution in [0.5, 0.6) is 0 Å². The molecule has 1 aliphatic carbocycles. The fraction of sp³-hybridized carbons (Fsp3) is 0.296. The number of carbonyl (C=O) groups excluding carboxylic acids is 1. The SMILES string of the molecule is Cc1ccc([C@@H](C(=O)NC2CCCC2)N(Cc2ccccc2)c2ccccc2)cc1. The Morgan fingerprint density at radius 3 is 2.13 bits per heavy atom. The summed E-state index contributed by atoms with van der Waals surface area (Å²) in [7, 11) is 0. The molecule has 1 aliphatic rings. The lowest BCUT2D eigenvalue weighted by molar-refractivity contribution is -0.123. The molecule has 0 unspecified atom stereocenters. The van der Waals surface area contributed by atoms with Crippen LogP contribution >= 0.6 is 0 Å². The predicted octanol–water partition coefficient (Wildman–Crippen LogP) is 5.80. The molecule has 30 heavy (non-hydrogen) atoms. The number of nitrogens with zero attached hydrogens (tertiary/aromatic N) is 1. The normalized spacial score (nSPS) is 15.0. The fourth-order valence-corrected chi connectivity index (χ4v) is 4.30. The van der Waals surface area contributed by atoms with Crippen molar-refractivity contribution in [2.24, 2.45) is 0 Å². The monoisotopic (exact) mass is 398 g/mol. The van der Waals surface area contributed by atoms with Gasteiger partial charge in [0, 0.05) is 18.3 Å². The number of hydrogen-bond acceptors (Lipinski definition) is 2. The molecule has 0 aliphatic heterocycles. The van der Waals surface area contributed by atoms with E-state index in [2.05, 4.69) is 77.8 Å². The van der Waals surface area contributed by atoms with E-state index in [4.69, 9.17) is 0 Å². The Bertz CT molecular complexity index is 932. The van der Waals surface area contributed by atoms with Crippen LogP contribution in [0.1, 0.15) is 48.4 Å². The fourth-order valence-electron chi connectivity index (χ4n) is 4.30. The second-order valence-electron chi connectivity index (χ2n) is 8.25. The summed E-state index contributed by atoms with van der Waals surface area (Å²) in [5, 5.41) is 3.35. The summed E-state index contributed by atoms with van der Waals surface area (Å²) < 4.78 is 0. The Hall–Kier alpha value is -3.07. The molecule has 4 rings (SSSR count). The van der Waals surface area contributed by atoms with Crippen LogP contribution in [0.25, 0.3) is 0 Å². The largest absolute Gasteiger partial charge is 0.352 e. The summed E-state index contributed by atoms with van der Waals surface area (Å²) >= 11 is 0. The van der Waals surface area contributed by atoms with Crippen LogP contribution in [0.3, 0.4) is 0 Å². The van der Waals surface area contributed by atoms with E-state index in [9.17, 15) is 4.79 Å². The quantitative estimate of drug-likeness (QED) is 0.545. The number of amides is 1. The highest BCUT2D eigenvalue weighted by atomic mass is 16.2. The molecule has 154 valence electrons. The molecular formula is C27H30N2O. The molecule has 3 nitrogen and oxygen atoms in total. The van der Waals surface area contributed by atoms with Crippen LogP contribution in [0.2, 0.25) is 0 Å². The van der Waals surface area contributed by atoms with E-state index in [1.54, 1.807) is 0 Å². The first-order valence-corrected chi connectivity index (χ1v) is 10.9. The van der Waals surface area contributed by atoms with Gasteiger partial charge in [-0.05, 0) is 43.0 Å². The number of para-hydroxylation sites is 1. The summed E-state index contributed by atoms with van der Waals surface area (Å²) in [4.78, 5) is 15.9. The molecule has 0 saturated heterocycles. The van der Waals surface area contributed by atoms with Gasteiger partial charge in [-0.2, -0.15) is 0 Å². The van der Waals surface area contributed by atoms with Gasteiger partial charge in [0.05, 0.1) is 0 Å². The number of benzene rings is 3. The molecule has 3 heteroatoms. The van der Waals surface area contributed by atoms with E-state index in [1.807, 2.05) is 24.3 Å². The van der Waals surface area contributed by atoms with E-state index >= 15 is 0 Å². The first-order chi connectivity index (χ1) is 14.7. The highest BCUT2D eigenvalue weighted by molar-refractivity contribution is 5.87. The maximum absolute atomic E-state index is 13.6. The summed E-state index contributed by atoms with van der Waals surface area (Å²) in [6.07, 6.45) is 4.56. The van der Waals surface area contributed by atoms with Crippen LogP contribution in [-0.4, -0.2) is 11.9 Å². The van der Waals surface area contributed by atoms with Crippen molar-refractivity contribution in [1.29, 1.82) is 0 Å².